The Kier molecular flexibility index (Phi) is 6.16. The van der Waals surface area contributed by atoms with Gasteiger partial charge in [-0.3, -0.25) is 9.59 Å². The lowest BCUT2D eigenvalue weighted by Crippen LogP contribution is -2.49. The van der Waals surface area contributed by atoms with Gasteiger partial charge in [-0.1, -0.05) is 30.3 Å². The Balaban J connectivity index is 1.54. The summed E-state index contributed by atoms with van der Waals surface area (Å²) in [5.41, 5.74) is -0.113. The number of carboxylic acid groups (broad SMARTS) is 1. The smallest absolute Gasteiger partial charge is 0.314 e. The molecule has 1 saturated heterocycles. The zero-order valence-corrected chi connectivity index (χ0v) is 15.8. The molecule has 142 valence electrons. The van der Waals surface area contributed by atoms with Crippen molar-refractivity contribution in [2.75, 3.05) is 18.8 Å². The molecule has 1 N–H and O–H groups in total. The SMILES string of the molecule is O=C(CCSc1ccc(F)cc1)N1CCC(C(=O)O)(c2ccccc2)CC1. The van der Waals surface area contributed by atoms with E-state index < -0.39 is 11.4 Å². The highest BCUT2D eigenvalue weighted by molar-refractivity contribution is 7.99. The minimum atomic E-state index is -0.916. The summed E-state index contributed by atoms with van der Waals surface area (Å²) in [6.07, 6.45) is 1.22. The summed E-state index contributed by atoms with van der Waals surface area (Å²) >= 11 is 1.51. The molecule has 0 saturated carbocycles. The van der Waals surface area contributed by atoms with Gasteiger partial charge in [0.15, 0.2) is 0 Å². The maximum absolute atomic E-state index is 12.9. The topological polar surface area (TPSA) is 57.6 Å². The molecule has 1 aliphatic heterocycles. The average molecular weight is 387 g/mol. The predicted octanol–water partition coefficient (Wildman–Crippen LogP) is 3.95. The molecule has 0 unspecified atom stereocenters. The van der Waals surface area contributed by atoms with Gasteiger partial charge in [-0.05, 0) is 42.7 Å². The van der Waals surface area contributed by atoms with Crippen LogP contribution in [0.15, 0.2) is 59.5 Å². The number of nitrogens with zero attached hydrogens (tertiary/aromatic N) is 1. The first-order valence-corrected chi connectivity index (χ1v) is 9.95. The molecule has 1 heterocycles. The summed E-state index contributed by atoms with van der Waals surface area (Å²) in [6, 6.07) is 15.5. The molecule has 1 fully saturated rings. The molecular formula is C21H22FNO3S. The first-order valence-electron chi connectivity index (χ1n) is 8.96. The number of hydrogen-bond donors (Lipinski definition) is 1. The van der Waals surface area contributed by atoms with Gasteiger partial charge in [0.1, 0.15) is 5.82 Å². The predicted molar refractivity (Wildman–Crippen MR) is 103 cm³/mol. The van der Waals surface area contributed by atoms with E-state index >= 15 is 0 Å². The number of carbonyl (C=O) groups is 2. The van der Waals surface area contributed by atoms with Crippen LogP contribution in [0.25, 0.3) is 0 Å². The van der Waals surface area contributed by atoms with E-state index in [9.17, 15) is 19.1 Å². The second-order valence-corrected chi connectivity index (χ2v) is 7.85. The monoisotopic (exact) mass is 387 g/mol. The molecule has 0 aliphatic carbocycles. The highest BCUT2D eigenvalue weighted by Crippen LogP contribution is 2.36. The van der Waals surface area contributed by atoms with Gasteiger partial charge in [0.25, 0.3) is 0 Å². The second kappa shape index (κ2) is 8.57. The lowest BCUT2D eigenvalue weighted by atomic mass is 9.73. The van der Waals surface area contributed by atoms with Crippen LogP contribution in [0.5, 0.6) is 0 Å². The number of benzene rings is 2. The van der Waals surface area contributed by atoms with Crippen LogP contribution in [0.1, 0.15) is 24.8 Å². The van der Waals surface area contributed by atoms with Crippen molar-refractivity contribution < 1.29 is 19.1 Å². The largest absolute Gasteiger partial charge is 0.481 e. The van der Waals surface area contributed by atoms with Gasteiger partial charge in [-0.15, -0.1) is 11.8 Å². The molecule has 0 atom stereocenters. The normalized spacial score (nSPS) is 16.1. The zero-order valence-electron chi connectivity index (χ0n) is 14.9. The van der Waals surface area contributed by atoms with Crippen LogP contribution in [0.4, 0.5) is 4.39 Å². The van der Waals surface area contributed by atoms with Crippen molar-refractivity contribution in [3.05, 3.63) is 66.0 Å². The number of carboxylic acids is 1. The highest BCUT2D eigenvalue weighted by atomic mass is 32.2. The fraction of sp³-hybridized carbons (Fsp3) is 0.333. The van der Waals surface area contributed by atoms with E-state index in [0.717, 1.165) is 10.5 Å². The van der Waals surface area contributed by atoms with Gasteiger partial charge in [-0.2, -0.15) is 0 Å². The Morgan fingerprint density at radius 1 is 1.04 bits per heavy atom. The number of thioether (sulfide) groups is 1. The lowest BCUT2D eigenvalue weighted by Gasteiger charge is -2.39. The maximum Gasteiger partial charge on any atom is 0.314 e. The number of piperidine rings is 1. The molecule has 2 aromatic carbocycles. The molecule has 0 spiro atoms. The van der Waals surface area contributed by atoms with Crippen molar-refractivity contribution in [3.63, 3.8) is 0 Å². The van der Waals surface area contributed by atoms with Crippen LogP contribution in [0.3, 0.4) is 0 Å². The summed E-state index contributed by atoms with van der Waals surface area (Å²) in [6.45, 7) is 0.891. The summed E-state index contributed by atoms with van der Waals surface area (Å²) < 4.78 is 12.9. The van der Waals surface area contributed by atoms with E-state index in [1.54, 1.807) is 17.0 Å². The van der Waals surface area contributed by atoms with Crippen molar-refractivity contribution in [3.8, 4) is 0 Å². The summed E-state index contributed by atoms with van der Waals surface area (Å²) in [7, 11) is 0. The number of carbonyl (C=O) groups excluding carboxylic acids is 1. The maximum atomic E-state index is 12.9. The van der Waals surface area contributed by atoms with Crippen molar-refractivity contribution >= 4 is 23.6 Å². The van der Waals surface area contributed by atoms with E-state index in [1.807, 2.05) is 30.3 Å². The van der Waals surface area contributed by atoms with E-state index in [1.165, 1.54) is 23.9 Å². The van der Waals surface area contributed by atoms with Crippen LogP contribution in [0.2, 0.25) is 0 Å². The van der Waals surface area contributed by atoms with Crippen LogP contribution in [-0.2, 0) is 15.0 Å². The highest BCUT2D eigenvalue weighted by Gasteiger charge is 2.43. The minimum Gasteiger partial charge on any atom is -0.481 e. The van der Waals surface area contributed by atoms with Gasteiger partial charge in [-0.25, -0.2) is 4.39 Å². The van der Waals surface area contributed by atoms with E-state index in [0.29, 0.717) is 38.1 Å². The molecule has 0 radical (unpaired) electrons. The molecule has 4 nitrogen and oxygen atoms in total. The van der Waals surface area contributed by atoms with Gasteiger partial charge in [0.05, 0.1) is 5.41 Å². The molecule has 6 heteroatoms. The Bertz CT molecular complexity index is 787. The number of likely N-dealkylation sites (tertiary alicyclic amines) is 1. The van der Waals surface area contributed by atoms with E-state index in [-0.39, 0.29) is 11.7 Å². The first-order chi connectivity index (χ1) is 13.0. The van der Waals surface area contributed by atoms with Crippen molar-refractivity contribution in [2.24, 2.45) is 0 Å². The number of amides is 1. The van der Waals surface area contributed by atoms with Gasteiger partial charge in [0, 0.05) is 30.2 Å². The minimum absolute atomic E-state index is 0.0386. The third-order valence-electron chi connectivity index (χ3n) is 5.10. The molecule has 1 amide bonds. The lowest BCUT2D eigenvalue weighted by molar-refractivity contribution is -0.148. The quantitative estimate of drug-likeness (QED) is 0.763. The Morgan fingerprint density at radius 2 is 1.67 bits per heavy atom. The molecule has 3 rings (SSSR count). The summed E-state index contributed by atoms with van der Waals surface area (Å²) in [4.78, 5) is 27.1. The standard InChI is InChI=1S/C21H22FNO3S/c22-17-6-8-18(9-7-17)27-15-10-19(24)23-13-11-21(12-14-23,20(25)26)16-4-2-1-3-5-16/h1-9H,10-15H2,(H,25,26). The Morgan fingerprint density at radius 3 is 2.26 bits per heavy atom. The van der Waals surface area contributed by atoms with Crippen molar-refractivity contribution in [1.82, 2.24) is 4.90 Å². The average Bonchev–Trinajstić information content (AvgIpc) is 2.70. The summed E-state index contributed by atoms with van der Waals surface area (Å²) in [5.74, 6) is -0.447. The van der Waals surface area contributed by atoms with Crippen LogP contribution in [0, 0.1) is 5.82 Å². The Hall–Kier alpha value is -2.34. The zero-order chi connectivity index (χ0) is 19.3. The first kappa shape index (κ1) is 19.4. The number of rotatable bonds is 6. The van der Waals surface area contributed by atoms with Crippen molar-refractivity contribution in [1.29, 1.82) is 0 Å². The number of hydrogen-bond acceptors (Lipinski definition) is 3. The fourth-order valence-electron chi connectivity index (χ4n) is 3.47. The van der Waals surface area contributed by atoms with Crippen LogP contribution in [-0.4, -0.2) is 40.7 Å². The molecule has 2 aromatic rings. The van der Waals surface area contributed by atoms with Gasteiger partial charge >= 0.3 is 5.97 Å². The number of aliphatic carboxylic acids is 1. The summed E-state index contributed by atoms with van der Waals surface area (Å²) in [5, 5.41) is 9.82. The third kappa shape index (κ3) is 4.50. The third-order valence-corrected chi connectivity index (χ3v) is 6.12. The molecule has 27 heavy (non-hydrogen) atoms. The number of halogens is 1. The van der Waals surface area contributed by atoms with Crippen LogP contribution < -0.4 is 0 Å². The molecular weight excluding hydrogens is 365 g/mol. The van der Waals surface area contributed by atoms with E-state index in [4.69, 9.17) is 0 Å². The molecule has 0 bridgehead atoms. The van der Waals surface area contributed by atoms with Gasteiger partial charge < -0.3 is 10.0 Å². The fourth-order valence-corrected chi connectivity index (χ4v) is 4.31. The van der Waals surface area contributed by atoms with Crippen molar-refractivity contribution in [2.45, 2.75) is 29.6 Å². The van der Waals surface area contributed by atoms with Gasteiger partial charge in [0.2, 0.25) is 5.91 Å². The van der Waals surface area contributed by atoms with Crippen LogP contribution >= 0.6 is 11.8 Å². The molecule has 1 aliphatic rings. The Labute approximate surface area is 162 Å². The van der Waals surface area contributed by atoms with E-state index in [2.05, 4.69) is 0 Å². The second-order valence-electron chi connectivity index (χ2n) is 6.69. The molecule has 0 aromatic heterocycles.